The van der Waals surface area contributed by atoms with Crippen molar-refractivity contribution in [1.82, 2.24) is 19.8 Å². The maximum absolute atomic E-state index is 14.1. The molecule has 1 aliphatic heterocycles. The molecule has 0 bridgehead atoms. The minimum absolute atomic E-state index is 0.0962. The Labute approximate surface area is 281 Å². The van der Waals surface area contributed by atoms with Gasteiger partial charge < -0.3 is 19.7 Å². The van der Waals surface area contributed by atoms with Crippen LogP contribution in [0.3, 0.4) is 0 Å². The summed E-state index contributed by atoms with van der Waals surface area (Å²) < 4.78 is 31.5. The summed E-state index contributed by atoms with van der Waals surface area (Å²) in [5, 5.41) is 13.3. The second-order valence-corrected chi connectivity index (χ2v) is 13.5. The molecule has 5 aromatic rings. The number of nitrogens with one attached hydrogen (secondary N) is 1. The van der Waals surface area contributed by atoms with Crippen molar-refractivity contribution >= 4 is 38.7 Å². The summed E-state index contributed by atoms with van der Waals surface area (Å²) in [4.78, 5) is 9.04. The Balaban J connectivity index is 1.17. The van der Waals surface area contributed by atoms with E-state index >= 15 is 0 Å². The first-order chi connectivity index (χ1) is 22.9. The van der Waals surface area contributed by atoms with Gasteiger partial charge in [0.05, 0.1) is 40.8 Å². The average molecular weight is 662 g/mol. The summed E-state index contributed by atoms with van der Waals surface area (Å²) in [6.07, 6.45) is 3.40. The van der Waals surface area contributed by atoms with Crippen LogP contribution in [0.1, 0.15) is 22.4 Å². The number of benzene rings is 4. The van der Waals surface area contributed by atoms with Crippen LogP contribution in [0.4, 0.5) is 11.4 Å². The van der Waals surface area contributed by atoms with Gasteiger partial charge in [-0.2, -0.15) is 5.26 Å². The van der Waals surface area contributed by atoms with Gasteiger partial charge in [-0.1, -0.05) is 60.7 Å². The van der Waals surface area contributed by atoms with Crippen molar-refractivity contribution in [2.75, 3.05) is 35.4 Å². The number of nitrogens with zero attached hydrogens (tertiary/aromatic N) is 6. The minimum Gasteiger partial charge on any atom is -0.368 e. The molecule has 0 aliphatic carbocycles. The Hall–Kier alpha value is -5.18. The summed E-state index contributed by atoms with van der Waals surface area (Å²) in [6, 6.07) is 35.9. The van der Waals surface area contributed by atoms with E-state index in [0.29, 0.717) is 24.3 Å². The second kappa shape index (κ2) is 14.5. The van der Waals surface area contributed by atoms with E-state index in [4.69, 9.17) is 17.5 Å². The lowest BCUT2D eigenvalue weighted by atomic mass is 10.1. The van der Waals surface area contributed by atoms with E-state index < -0.39 is 10.0 Å². The molecular weight excluding hydrogens is 627 g/mol. The Kier molecular flexibility index (Phi) is 9.80. The van der Waals surface area contributed by atoms with Gasteiger partial charge in [0.25, 0.3) is 10.0 Å². The third kappa shape index (κ3) is 7.62. The topological polar surface area (TPSA) is 97.5 Å². The zero-order valence-corrected chi connectivity index (χ0v) is 27.4. The maximum Gasteiger partial charge on any atom is 0.264 e. The number of imidazole rings is 1. The van der Waals surface area contributed by atoms with Crippen LogP contribution in [0.5, 0.6) is 0 Å². The van der Waals surface area contributed by atoms with Crippen molar-refractivity contribution in [3.8, 4) is 6.07 Å². The first-order valence-corrected chi connectivity index (χ1v) is 17.2. The van der Waals surface area contributed by atoms with Crippen LogP contribution in [-0.4, -0.2) is 54.2 Å². The van der Waals surface area contributed by atoms with Crippen LogP contribution in [-0.2, 0) is 29.7 Å². The van der Waals surface area contributed by atoms with E-state index in [1.807, 2.05) is 59.2 Å². The van der Waals surface area contributed by atoms with E-state index in [9.17, 15) is 8.42 Å². The SMILES string of the molecule is N#Cc1ccc(Cn2cncc2CN(c2ccc(N3CCN(C(=S)NCc4ccccc4)CC3)cc2)S(=O)(=O)c2ccccc2)cc1. The average Bonchev–Trinajstić information content (AvgIpc) is 3.57. The molecule has 0 radical (unpaired) electrons. The molecule has 1 aliphatic rings. The van der Waals surface area contributed by atoms with Crippen LogP contribution >= 0.6 is 12.2 Å². The largest absolute Gasteiger partial charge is 0.368 e. The quantitative estimate of drug-likeness (QED) is 0.199. The van der Waals surface area contributed by atoms with Gasteiger partial charge in [-0.05, 0) is 71.9 Å². The molecular formula is C36H35N7O2S2. The highest BCUT2D eigenvalue weighted by Crippen LogP contribution is 2.29. The molecule has 9 nitrogen and oxygen atoms in total. The molecule has 0 spiro atoms. The standard InChI is InChI=1S/C36H35N7O2S2/c37-23-29-11-13-31(14-12-29)26-42-28-38-25-34(42)27-43(47(44,45)35-9-5-2-6-10-35)33-17-15-32(16-18-33)40-19-21-41(22-20-40)36(46)39-24-30-7-3-1-4-8-30/h1-18,25,28H,19-22,24,26-27H2,(H,39,46). The second-order valence-electron chi connectivity index (χ2n) is 11.3. The van der Waals surface area contributed by atoms with Gasteiger partial charge in [-0.15, -0.1) is 0 Å². The predicted molar refractivity (Wildman–Crippen MR) is 188 cm³/mol. The van der Waals surface area contributed by atoms with Gasteiger partial charge >= 0.3 is 0 Å². The fourth-order valence-corrected chi connectivity index (χ4v) is 7.28. The van der Waals surface area contributed by atoms with E-state index in [2.05, 4.69) is 38.3 Å². The molecule has 238 valence electrons. The normalized spacial score (nSPS) is 13.2. The number of rotatable bonds is 10. The van der Waals surface area contributed by atoms with Crippen molar-refractivity contribution in [3.05, 3.63) is 144 Å². The summed E-state index contributed by atoms with van der Waals surface area (Å²) in [5.74, 6) is 0. The molecule has 1 fully saturated rings. The number of hydrogen-bond donors (Lipinski definition) is 1. The smallest absolute Gasteiger partial charge is 0.264 e. The number of nitriles is 1. The first kappa shape index (κ1) is 31.8. The highest BCUT2D eigenvalue weighted by atomic mass is 32.2. The van der Waals surface area contributed by atoms with Crippen LogP contribution in [0, 0.1) is 11.3 Å². The summed E-state index contributed by atoms with van der Waals surface area (Å²) in [7, 11) is -3.89. The number of hydrogen-bond acceptors (Lipinski definition) is 6. The van der Waals surface area contributed by atoms with Crippen molar-refractivity contribution < 1.29 is 8.42 Å². The monoisotopic (exact) mass is 661 g/mol. The molecule has 2 heterocycles. The van der Waals surface area contributed by atoms with Crippen molar-refractivity contribution in [2.24, 2.45) is 0 Å². The molecule has 1 N–H and O–H groups in total. The fourth-order valence-electron chi connectivity index (χ4n) is 5.57. The highest BCUT2D eigenvalue weighted by molar-refractivity contribution is 7.92. The highest BCUT2D eigenvalue weighted by Gasteiger charge is 2.27. The van der Waals surface area contributed by atoms with Crippen molar-refractivity contribution in [2.45, 2.75) is 24.5 Å². The number of aromatic nitrogens is 2. The van der Waals surface area contributed by atoms with Crippen LogP contribution < -0.4 is 14.5 Å². The van der Waals surface area contributed by atoms with E-state index in [-0.39, 0.29) is 11.4 Å². The Morgan fingerprint density at radius 3 is 2.17 bits per heavy atom. The van der Waals surface area contributed by atoms with E-state index in [1.165, 1.54) is 9.87 Å². The molecule has 1 saturated heterocycles. The van der Waals surface area contributed by atoms with Gasteiger partial charge in [-0.3, -0.25) is 4.31 Å². The van der Waals surface area contributed by atoms with Crippen LogP contribution in [0.2, 0.25) is 0 Å². The predicted octanol–water partition coefficient (Wildman–Crippen LogP) is 5.40. The fraction of sp³-hybridized carbons (Fsp3) is 0.194. The molecule has 11 heteroatoms. The molecule has 6 rings (SSSR count). The van der Waals surface area contributed by atoms with Gasteiger partial charge in [0.15, 0.2) is 5.11 Å². The molecule has 4 aromatic carbocycles. The molecule has 47 heavy (non-hydrogen) atoms. The molecule has 0 atom stereocenters. The number of sulfonamides is 1. The molecule has 0 unspecified atom stereocenters. The number of thiocarbonyl (C=S) groups is 1. The van der Waals surface area contributed by atoms with Gasteiger partial charge in [0.2, 0.25) is 0 Å². The van der Waals surface area contributed by atoms with Crippen LogP contribution in [0.25, 0.3) is 0 Å². The van der Waals surface area contributed by atoms with Gasteiger partial charge in [0, 0.05) is 51.2 Å². The van der Waals surface area contributed by atoms with Crippen molar-refractivity contribution in [3.63, 3.8) is 0 Å². The number of anilines is 2. The lowest BCUT2D eigenvalue weighted by molar-refractivity contribution is 0.380. The maximum atomic E-state index is 14.1. The zero-order chi connectivity index (χ0) is 32.6. The van der Waals surface area contributed by atoms with Gasteiger partial charge in [0.1, 0.15) is 0 Å². The molecule has 1 aromatic heterocycles. The summed E-state index contributed by atoms with van der Waals surface area (Å²) in [5.41, 5.74) is 5.09. The Morgan fingerprint density at radius 2 is 1.51 bits per heavy atom. The van der Waals surface area contributed by atoms with E-state index in [0.717, 1.165) is 48.2 Å². The minimum atomic E-state index is -3.89. The van der Waals surface area contributed by atoms with E-state index in [1.54, 1.807) is 55.0 Å². The Morgan fingerprint density at radius 1 is 0.851 bits per heavy atom. The third-order valence-corrected chi connectivity index (χ3v) is 10.4. The summed E-state index contributed by atoms with van der Waals surface area (Å²) in [6.45, 7) is 4.47. The first-order valence-electron chi connectivity index (χ1n) is 15.4. The lowest BCUT2D eigenvalue weighted by Crippen LogP contribution is -2.51. The Bertz CT molecular complexity index is 1930. The lowest BCUT2D eigenvalue weighted by Gasteiger charge is -2.37. The van der Waals surface area contributed by atoms with Crippen LogP contribution in [0.15, 0.2) is 127 Å². The van der Waals surface area contributed by atoms with Gasteiger partial charge in [-0.25, -0.2) is 13.4 Å². The number of piperazine rings is 1. The molecule has 0 saturated carbocycles. The zero-order valence-electron chi connectivity index (χ0n) is 25.8. The summed E-state index contributed by atoms with van der Waals surface area (Å²) >= 11 is 5.67. The van der Waals surface area contributed by atoms with Crippen molar-refractivity contribution in [1.29, 1.82) is 5.26 Å². The third-order valence-electron chi connectivity index (χ3n) is 8.23. The molecule has 0 amide bonds.